The van der Waals surface area contributed by atoms with Crippen LogP contribution in [-0.2, 0) is 6.54 Å². The zero-order valence-electron chi connectivity index (χ0n) is 13.7. The molecule has 2 rings (SSSR count). The van der Waals surface area contributed by atoms with E-state index in [1.807, 2.05) is 38.2 Å². The topological polar surface area (TPSA) is 58.5 Å². The van der Waals surface area contributed by atoms with Crippen LogP contribution in [0.15, 0.2) is 35.5 Å². The molecule has 0 amide bonds. The summed E-state index contributed by atoms with van der Waals surface area (Å²) < 4.78 is 5.64. The molecule has 0 atom stereocenters. The van der Waals surface area contributed by atoms with Gasteiger partial charge in [-0.2, -0.15) is 0 Å². The van der Waals surface area contributed by atoms with Gasteiger partial charge in [0.1, 0.15) is 17.4 Å². The maximum Gasteiger partial charge on any atom is 0.191 e. The molecule has 1 aromatic heterocycles. The predicted octanol–water partition coefficient (Wildman–Crippen LogP) is 3.86. The number of guanidine groups is 1. The molecule has 0 radical (unpaired) electrons. The molecule has 0 spiro atoms. The number of aryl methyl sites for hydroxylation is 1. The van der Waals surface area contributed by atoms with Crippen molar-refractivity contribution in [3.63, 3.8) is 0 Å². The second kappa shape index (κ2) is 11.5. The third-order valence-corrected chi connectivity index (χ3v) is 3.98. The first-order chi connectivity index (χ1) is 11.2. The van der Waals surface area contributed by atoms with Crippen molar-refractivity contribution in [3.8, 4) is 5.75 Å². The van der Waals surface area contributed by atoms with Gasteiger partial charge in [-0.15, -0.1) is 35.3 Å². The van der Waals surface area contributed by atoms with Crippen LogP contribution in [0.1, 0.15) is 16.8 Å². The van der Waals surface area contributed by atoms with E-state index < -0.39 is 0 Å². The smallest absolute Gasteiger partial charge is 0.191 e. The summed E-state index contributed by atoms with van der Waals surface area (Å²) in [6, 6.07) is 7.37. The molecule has 0 aliphatic carbocycles. The molecular formula is C16H22ClIN4OS. The third kappa shape index (κ3) is 7.67. The highest BCUT2D eigenvalue weighted by Gasteiger charge is 2.01. The number of aliphatic imine (C=N–C) groups is 1. The van der Waals surface area contributed by atoms with E-state index in [-0.39, 0.29) is 24.0 Å². The van der Waals surface area contributed by atoms with Gasteiger partial charge in [-0.05, 0) is 32.0 Å². The van der Waals surface area contributed by atoms with Gasteiger partial charge in [0, 0.05) is 22.6 Å². The summed E-state index contributed by atoms with van der Waals surface area (Å²) in [6.07, 6.45) is 1.87. The fraction of sp³-hybridized carbons (Fsp3) is 0.375. The quantitative estimate of drug-likeness (QED) is 0.273. The number of hydrogen-bond donors (Lipinski definition) is 2. The second-order valence-corrected chi connectivity index (χ2v) is 6.55. The van der Waals surface area contributed by atoms with Crippen molar-refractivity contribution in [2.75, 3.05) is 19.7 Å². The van der Waals surface area contributed by atoms with Crippen molar-refractivity contribution in [1.82, 2.24) is 15.6 Å². The Morgan fingerprint density at radius 1 is 1.38 bits per heavy atom. The minimum atomic E-state index is 0. The number of nitrogens with one attached hydrogen (secondary N) is 2. The van der Waals surface area contributed by atoms with E-state index in [0.29, 0.717) is 24.7 Å². The first-order valence-electron chi connectivity index (χ1n) is 7.49. The Morgan fingerprint density at radius 2 is 2.21 bits per heavy atom. The molecule has 0 unspecified atom stereocenters. The van der Waals surface area contributed by atoms with Crippen molar-refractivity contribution in [3.05, 3.63) is 45.4 Å². The van der Waals surface area contributed by atoms with Crippen LogP contribution < -0.4 is 15.4 Å². The maximum absolute atomic E-state index is 5.92. The van der Waals surface area contributed by atoms with Crippen LogP contribution >= 0.6 is 46.9 Å². The number of ether oxygens (including phenoxy) is 1. The summed E-state index contributed by atoms with van der Waals surface area (Å²) in [5.74, 6) is 1.52. The lowest BCUT2D eigenvalue weighted by molar-refractivity contribution is 0.322. The van der Waals surface area contributed by atoms with E-state index in [0.717, 1.165) is 23.3 Å². The summed E-state index contributed by atoms with van der Waals surface area (Å²) in [4.78, 5) is 10.0. The number of thiazole rings is 1. The molecule has 0 saturated carbocycles. The number of rotatable bonds is 7. The van der Waals surface area contributed by atoms with Gasteiger partial charge in [0.25, 0.3) is 0 Å². The largest absolute Gasteiger partial charge is 0.492 e. The van der Waals surface area contributed by atoms with E-state index >= 15 is 0 Å². The number of nitrogens with zero attached hydrogens (tertiary/aromatic N) is 2. The van der Waals surface area contributed by atoms with E-state index in [4.69, 9.17) is 16.3 Å². The van der Waals surface area contributed by atoms with Crippen LogP contribution in [0.3, 0.4) is 0 Å². The van der Waals surface area contributed by atoms with Crippen molar-refractivity contribution >= 4 is 52.9 Å². The first-order valence-corrected chi connectivity index (χ1v) is 8.68. The van der Waals surface area contributed by atoms with Gasteiger partial charge in [-0.3, -0.25) is 0 Å². The molecule has 132 valence electrons. The normalized spacial score (nSPS) is 10.9. The van der Waals surface area contributed by atoms with Crippen LogP contribution in [0, 0.1) is 6.92 Å². The predicted molar refractivity (Wildman–Crippen MR) is 112 cm³/mol. The lowest BCUT2D eigenvalue weighted by atomic mass is 10.3. The van der Waals surface area contributed by atoms with Gasteiger partial charge < -0.3 is 15.4 Å². The first kappa shape index (κ1) is 21.0. The van der Waals surface area contributed by atoms with Gasteiger partial charge in [-0.25, -0.2) is 9.98 Å². The second-order valence-electron chi connectivity index (χ2n) is 4.79. The van der Waals surface area contributed by atoms with Gasteiger partial charge in [0.05, 0.1) is 13.1 Å². The van der Waals surface area contributed by atoms with Crippen LogP contribution in [0.5, 0.6) is 5.75 Å². The van der Waals surface area contributed by atoms with Crippen LogP contribution in [-0.4, -0.2) is 30.6 Å². The van der Waals surface area contributed by atoms with Gasteiger partial charge >= 0.3 is 0 Å². The summed E-state index contributed by atoms with van der Waals surface area (Å²) in [5.41, 5.74) is 0. The zero-order valence-corrected chi connectivity index (χ0v) is 17.6. The Morgan fingerprint density at radius 3 is 2.88 bits per heavy atom. The van der Waals surface area contributed by atoms with Crippen molar-refractivity contribution < 1.29 is 4.74 Å². The molecular weight excluding hydrogens is 459 g/mol. The molecule has 2 N–H and O–H groups in total. The van der Waals surface area contributed by atoms with Gasteiger partial charge in [0.15, 0.2) is 5.96 Å². The summed E-state index contributed by atoms with van der Waals surface area (Å²) in [5, 5.41) is 8.13. The lowest BCUT2D eigenvalue weighted by Crippen LogP contribution is -2.39. The number of aromatic nitrogens is 1. The number of benzene rings is 1. The number of halogens is 2. The molecule has 8 heteroatoms. The standard InChI is InChI=1S/C16H21ClN4OS.HI/c1-3-18-16(21-11-15-20-10-12(2)23-15)19-7-8-22-14-6-4-5-13(17)9-14;/h4-6,9-10H,3,7-8,11H2,1-2H3,(H2,18,19,21);1H. The van der Waals surface area contributed by atoms with E-state index in [9.17, 15) is 0 Å². The Kier molecular flexibility index (Phi) is 10.0. The van der Waals surface area contributed by atoms with Crippen molar-refractivity contribution in [2.24, 2.45) is 4.99 Å². The fourth-order valence-electron chi connectivity index (χ4n) is 1.86. The van der Waals surface area contributed by atoms with E-state index in [2.05, 4.69) is 20.6 Å². The average Bonchev–Trinajstić information content (AvgIpc) is 2.94. The Bertz CT molecular complexity index is 651. The summed E-state index contributed by atoms with van der Waals surface area (Å²) in [7, 11) is 0. The molecule has 1 aromatic carbocycles. The molecule has 0 saturated heterocycles. The molecule has 24 heavy (non-hydrogen) atoms. The average molecular weight is 481 g/mol. The highest BCUT2D eigenvalue weighted by atomic mass is 127. The molecule has 0 aliphatic rings. The Balaban J connectivity index is 0.00000288. The van der Waals surface area contributed by atoms with Crippen LogP contribution in [0.25, 0.3) is 0 Å². The third-order valence-electron chi connectivity index (χ3n) is 2.85. The number of hydrogen-bond acceptors (Lipinski definition) is 4. The molecule has 5 nitrogen and oxygen atoms in total. The molecule has 0 fully saturated rings. The van der Waals surface area contributed by atoms with E-state index in [1.54, 1.807) is 17.4 Å². The molecule has 1 heterocycles. The van der Waals surface area contributed by atoms with Crippen molar-refractivity contribution in [1.29, 1.82) is 0 Å². The molecule has 0 aliphatic heterocycles. The lowest BCUT2D eigenvalue weighted by Gasteiger charge is -2.12. The summed E-state index contributed by atoms with van der Waals surface area (Å²) >= 11 is 7.58. The highest BCUT2D eigenvalue weighted by Crippen LogP contribution is 2.16. The minimum Gasteiger partial charge on any atom is -0.492 e. The van der Waals surface area contributed by atoms with Crippen LogP contribution in [0.4, 0.5) is 0 Å². The summed E-state index contributed by atoms with van der Waals surface area (Å²) in [6.45, 7) is 6.63. The molecule has 0 bridgehead atoms. The SMILES string of the molecule is CCNC(=NCc1ncc(C)s1)NCCOc1cccc(Cl)c1.I. The minimum absolute atomic E-state index is 0. The Hall–Kier alpha value is -1.06. The monoisotopic (exact) mass is 480 g/mol. The molecule has 2 aromatic rings. The van der Waals surface area contributed by atoms with Crippen molar-refractivity contribution in [2.45, 2.75) is 20.4 Å². The highest BCUT2D eigenvalue weighted by molar-refractivity contribution is 14.0. The van der Waals surface area contributed by atoms with Gasteiger partial charge in [0.2, 0.25) is 0 Å². The van der Waals surface area contributed by atoms with E-state index in [1.165, 1.54) is 4.88 Å². The van der Waals surface area contributed by atoms with Gasteiger partial charge in [-0.1, -0.05) is 17.7 Å². The fourth-order valence-corrected chi connectivity index (χ4v) is 2.75. The zero-order chi connectivity index (χ0) is 16.5. The van der Waals surface area contributed by atoms with Crippen LogP contribution in [0.2, 0.25) is 5.02 Å². The maximum atomic E-state index is 5.92. The Labute approximate surface area is 168 Å².